The first-order valence-electron chi connectivity index (χ1n) is 3.68. The first-order chi connectivity index (χ1) is 5.27. The number of aromatic amines is 1. The molecule has 1 heterocycles. The van der Waals surface area contributed by atoms with Crippen LogP contribution in [0.25, 0.3) is 11.0 Å². The summed E-state index contributed by atoms with van der Waals surface area (Å²) in [6, 6.07) is 4.22. The van der Waals surface area contributed by atoms with E-state index in [4.69, 9.17) is 0 Å². The van der Waals surface area contributed by atoms with Crippen LogP contribution < -0.4 is 0 Å². The van der Waals surface area contributed by atoms with Crippen molar-refractivity contribution in [3.8, 4) is 0 Å². The van der Waals surface area contributed by atoms with E-state index in [0.29, 0.717) is 0 Å². The number of imidazole rings is 1. The van der Waals surface area contributed by atoms with E-state index >= 15 is 0 Å². The summed E-state index contributed by atoms with van der Waals surface area (Å²) in [4.78, 5) is 7.24. The Hall–Kier alpha value is -1.31. The van der Waals surface area contributed by atoms with Gasteiger partial charge in [0.1, 0.15) is 0 Å². The zero-order chi connectivity index (χ0) is 7.84. The Morgan fingerprint density at radius 3 is 2.73 bits per heavy atom. The summed E-state index contributed by atoms with van der Waals surface area (Å²) in [5.41, 5.74) is 4.77. The lowest BCUT2D eigenvalue weighted by atomic mass is 10.1. The second kappa shape index (κ2) is 2.09. The molecule has 0 saturated heterocycles. The van der Waals surface area contributed by atoms with Crippen molar-refractivity contribution in [1.82, 2.24) is 9.97 Å². The van der Waals surface area contributed by atoms with E-state index < -0.39 is 0 Å². The van der Waals surface area contributed by atoms with Crippen molar-refractivity contribution >= 4 is 11.0 Å². The summed E-state index contributed by atoms with van der Waals surface area (Å²) in [5.74, 6) is 0. The Kier molecular flexibility index (Phi) is 1.22. The van der Waals surface area contributed by atoms with Crippen molar-refractivity contribution in [2.45, 2.75) is 13.8 Å². The molecule has 1 N–H and O–H groups in total. The molecule has 2 heteroatoms. The van der Waals surface area contributed by atoms with Crippen LogP contribution >= 0.6 is 0 Å². The molecule has 0 spiro atoms. The average Bonchev–Trinajstić information content (AvgIpc) is 2.36. The Morgan fingerprint density at radius 1 is 1.18 bits per heavy atom. The number of rotatable bonds is 0. The molecule has 0 saturated carbocycles. The highest BCUT2D eigenvalue weighted by Gasteiger charge is 1.97. The van der Waals surface area contributed by atoms with Gasteiger partial charge in [0, 0.05) is 0 Å². The minimum atomic E-state index is 1.05. The molecule has 0 aliphatic heterocycles. The number of H-pyrrole nitrogens is 1. The molecule has 0 radical (unpaired) electrons. The van der Waals surface area contributed by atoms with Crippen molar-refractivity contribution < 1.29 is 0 Å². The molecule has 0 amide bonds. The van der Waals surface area contributed by atoms with E-state index in [0.717, 1.165) is 11.0 Å². The first kappa shape index (κ1) is 6.40. The fourth-order valence-electron chi connectivity index (χ4n) is 1.19. The van der Waals surface area contributed by atoms with Gasteiger partial charge in [-0.3, -0.25) is 0 Å². The zero-order valence-corrected chi connectivity index (χ0v) is 6.68. The van der Waals surface area contributed by atoms with Crippen molar-refractivity contribution in [3.63, 3.8) is 0 Å². The van der Waals surface area contributed by atoms with Crippen LogP contribution in [0, 0.1) is 13.8 Å². The minimum absolute atomic E-state index is 1.05. The largest absolute Gasteiger partial charge is 0.345 e. The van der Waals surface area contributed by atoms with Gasteiger partial charge in [0.2, 0.25) is 0 Å². The number of benzene rings is 1. The quantitative estimate of drug-likeness (QED) is 0.611. The monoisotopic (exact) mass is 149 g/mol. The molecule has 0 aliphatic carbocycles. The van der Waals surface area contributed by atoms with E-state index in [2.05, 4.69) is 35.9 Å². The van der Waals surface area contributed by atoms with E-state index in [1.54, 1.807) is 6.33 Å². The molecule has 2 nitrogen and oxygen atoms in total. The van der Waals surface area contributed by atoms with Gasteiger partial charge in [-0.15, -0.1) is 0 Å². The van der Waals surface area contributed by atoms with Gasteiger partial charge < -0.3 is 4.98 Å². The lowest BCUT2D eigenvalue weighted by Gasteiger charge is -1.97. The second-order valence-corrected chi connectivity index (χ2v) is 2.86. The molecule has 11 heavy (non-hydrogen) atoms. The van der Waals surface area contributed by atoms with Gasteiger partial charge in [0.25, 0.3) is 0 Å². The maximum absolute atomic E-state index is 4.17. The molecule has 2 aromatic rings. The Labute approximate surface area is 65.3 Å². The van der Waals surface area contributed by atoms with Gasteiger partial charge >= 0.3 is 0 Å². The molecule has 0 fully saturated rings. The Morgan fingerprint density at radius 2 is 1.91 bits per heavy atom. The molecule has 56 valence electrons. The second-order valence-electron chi connectivity index (χ2n) is 2.86. The van der Waals surface area contributed by atoms with Crippen molar-refractivity contribution in [2.75, 3.05) is 0 Å². The van der Waals surface area contributed by atoms with Crippen LogP contribution in [0.4, 0.5) is 0 Å². The van der Waals surface area contributed by atoms with Gasteiger partial charge in [-0.2, -0.15) is 0 Å². The predicted octanol–water partition coefficient (Wildman–Crippen LogP) is 2.18. The van der Waals surface area contributed by atoms with E-state index in [9.17, 15) is 0 Å². The van der Waals surface area contributed by atoms with Gasteiger partial charge in [-0.1, -0.05) is 0 Å². The van der Waals surface area contributed by atoms with Crippen LogP contribution in [-0.4, -0.2) is 9.97 Å². The first-order valence-corrected chi connectivity index (χ1v) is 3.68. The number of fused-ring (bicyclic) bond motifs is 1. The Balaban J connectivity index is 2.86. The van der Waals surface area contributed by atoms with Gasteiger partial charge in [0.15, 0.2) is 0 Å². The van der Waals surface area contributed by atoms with Gasteiger partial charge in [-0.05, 0) is 37.1 Å². The van der Waals surface area contributed by atoms with E-state index in [-0.39, 0.29) is 0 Å². The topological polar surface area (TPSA) is 28.7 Å². The molecule has 1 aromatic carbocycles. The normalized spacial score (nSPS) is 10.7. The van der Waals surface area contributed by atoms with Crippen LogP contribution in [0.15, 0.2) is 18.5 Å². The fraction of sp³-hybridized carbons (Fsp3) is 0.222. The predicted molar refractivity (Wildman–Crippen MR) is 45.6 cm³/mol. The summed E-state index contributed by atoms with van der Waals surface area (Å²) in [7, 11) is 0. The van der Waals surface area contributed by atoms with E-state index in [1.807, 2.05) is 0 Å². The fourth-order valence-corrected chi connectivity index (χ4v) is 1.19. The highest BCUT2D eigenvalue weighted by Crippen LogP contribution is 2.14. The molecule has 1 aromatic heterocycles. The molecule has 0 aliphatic rings. The maximum atomic E-state index is 4.17. The highest BCUT2D eigenvalue weighted by atomic mass is 15.7. The lowest BCUT2D eigenvalue weighted by Crippen LogP contribution is -1.79. The van der Waals surface area contributed by atoms with Crippen LogP contribution in [-0.2, 0) is 0 Å². The summed E-state index contributed by atoms with van der Waals surface area (Å²) >= 11 is 0. The Bertz CT molecular complexity index is 351. The summed E-state index contributed by atoms with van der Waals surface area (Å²) in [6.45, 7) is 4.21. The maximum Gasteiger partial charge on any atom is 0.0931 e. The molecular formula is C9H10N2. The third kappa shape index (κ3) is 0.909. The van der Waals surface area contributed by atoms with Gasteiger partial charge in [0.05, 0.1) is 17.4 Å². The van der Waals surface area contributed by atoms with Crippen LogP contribution in [0.2, 0.25) is 0 Å². The van der Waals surface area contributed by atoms with Crippen LogP contribution in [0.3, 0.4) is 0 Å². The number of aromatic nitrogens is 2. The van der Waals surface area contributed by atoms with Crippen LogP contribution in [0.1, 0.15) is 11.1 Å². The minimum Gasteiger partial charge on any atom is -0.345 e. The lowest BCUT2D eigenvalue weighted by molar-refractivity contribution is 1.34. The number of aryl methyl sites for hydroxylation is 2. The average molecular weight is 149 g/mol. The number of nitrogens with zero attached hydrogens (tertiary/aromatic N) is 1. The summed E-state index contributed by atoms with van der Waals surface area (Å²) < 4.78 is 0. The van der Waals surface area contributed by atoms with E-state index in [1.165, 1.54) is 11.1 Å². The van der Waals surface area contributed by atoms with Crippen LogP contribution in [0.5, 0.6) is 0 Å². The van der Waals surface area contributed by atoms with Gasteiger partial charge in [-0.25, -0.2) is 4.98 Å². The molecule has 0 atom stereocenters. The summed E-state index contributed by atoms with van der Waals surface area (Å²) in [5, 5.41) is 0. The number of hydrogen-bond acceptors (Lipinski definition) is 1. The van der Waals surface area contributed by atoms with Crippen molar-refractivity contribution in [1.29, 1.82) is 0 Å². The SMILES string of the molecule is Cc1cc2[15n][13cH][15nH]c2cc1C. The molecule has 0 unspecified atom stereocenters. The smallest absolute Gasteiger partial charge is 0.0931 e. The summed E-state index contributed by atoms with van der Waals surface area (Å²) in [6.07, 6.45) is 1.73. The highest BCUT2D eigenvalue weighted by molar-refractivity contribution is 5.76. The van der Waals surface area contributed by atoms with Crippen molar-refractivity contribution in [3.05, 3.63) is 29.6 Å². The molecular weight excluding hydrogens is 139 g/mol. The third-order valence-electron chi connectivity index (χ3n) is 2.04. The number of nitrogens with one attached hydrogen (secondary N) is 1. The molecule has 2 rings (SSSR count). The third-order valence-corrected chi connectivity index (χ3v) is 2.04. The van der Waals surface area contributed by atoms with Crippen molar-refractivity contribution in [2.24, 2.45) is 0 Å². The standard InChI is InChI=1S/C9H10N2/c1-6-3-8-9(4-7(6)2)11-5-10-8/h3-5H,1-2H3,(H,10,11)/i5+1,10+1,11+1. The molecule has 0 bridgehead atoms. The number of hydrogen-bond donors (Lipinski definition) is 1. The zero-order valence-electron chi connectivity index (χ0n) is 6.68.